The predicted molar refractivity (Wildman–Crippen MR) is 62.7 cm³/mol. The predicted octanol–water partition coefficient (Wildman–Crippen LogP) is 4.30. The topological polar surface area (TPSA) is 17.1 Å². The molecule has 0 aliphatic heterocycles. The Morgan fingerprint density at radius 2 is 1.60 bits per heavy atom. The van der Waals surface area contributed by atoms with Crippen LogP contribution in [0.2, 0.25) is 0 Å². The van der Waals surface area contributed by atoms with E-state index in [1.807, 2.05) is 0 Å². The minimum Gasteiger partial charge on any atom is -0.296 e. The quantitative estimate of drug-likeness (QED) is 0.605. The van der Waals surface area contributed by atoms with Crippen molar-refractivity contribution in [3.8, 4) is 0 Å². The van der Waals surface area contributed by atoms with E-state index in [9.17, 15) is 9.18 Å². The first-order valence-corrected chi connectivity index (χ1v) is 5.95. The lowest BCUT2D eigenvalue weighted by molar-refractivity contribution is -0.138. The van der Waals surface area contributed by atoms with E-state index in [1.165, 1.54) is 6.92 Å². The van der Waals surface area contributed by atoms with Crippen LogP contribution in [0.15, 0.2) is 0 Å². The number of ketones is 1. The first-order chi connectivity index (χ1) is 6.72. The van der Waals surface area contributed by atoms with Crippen molar-refractivity contribution < 1.29 is 9.18 Å². The van der Waals surface area contributed by atoms with E-state index < -0.39 is 11.1 Å². The average Bonchev–Trinajstić information content (AvgIpc) is 2.10. The molecule has 0 spiro atoms. The van der Waals surface area contributed by atoms with Crippen molar-refractivity contribution in [1.82, 2.24) is 0 Å². The van der Waals surface area contributed by atoms with Gasteiger partial charge < -0.3 is 0 Å². The minimum absolute atomic E-state index is 0.272. The lowest BCUT2D eigenvalue weighted by Crippen LogP contribution is -2.39. The Hall–Kier alpha value is -0.400. The molecule has 0 aromatic carbocycles. The molecule has 0 fully saturated rings. The molecule has 0 radical (unpaired) electrons. The highest BCUT2D eigenvalue weighted by Gasteiger charge is 2.39. The van der Waals surface area contributed by atoms with E-state index in [-0.39, 0.29) is 5.78 Å². The third-order valence-corrected chi connectivity index (χ3v) is 2.65. The number of halogens is 1. The standard InChI is InChI=1S/C13H25FO/c1-6-7-8-9-10-13(5,14)11(15)12(2,3)4/h6-10H2,1-5H3. The van der Waals surface area contributed by atoms with Gasteiger partial charge in [0.05, 0.1) is 0 Å². The Morgan fingerprint density at radius 3 is 2.00 bits per heavy atom. The van der Waals surface area contributed by atoms with Crippen LogP contribution in [-0.4, -0.2) is 11.5 Å². The van der Waals surface area contributed by atoms with Crippen LogP contribution in [0.1, 0.15) is 66.7 Å². The maximum absolute atomic E-state index is 14.1. The smallest absolute Gasteiger partial charge is 0.174 e. The summed E-state index contributed by atoms with van der Waals surface area (Å²) in [6, 6.07) is 0. The Labute approximate surface area is 93.4 Å². The van der Waals surface area contributed by atoms with Gasteiger partial charge in [-0.1, -0.05) is 47.0 Å². The number of unbranched alkanes of at least 4 members (excludes halogenated alkanes) is 3. The highest BCUT2D eigenvalue weighted by molar-refractivity contribution is 5.91. The third-order valence-electron chi connectivity index (χ3n) is 2.65. The van der Waals surface area contributed by atoms with Crippen LogP contribution in [0, 0.1) is 5.41 Å². The molecule has 0 amide bonds. The summed E-state index contributed by atoms with van der Waals surface area (Å²) in [5, 5.41) is 0. The van der Waals surface area contributed by atoms with Gasteiger partial charge in [0, 0.05) is 5.41 Å². The maximum Gasteiger partial charge on any atom is 0.174 e. The number of carbonyl (C=O) groups is 1. The van der Waals surface area contributed by atoms with Crippen molar-refractivity contribution in [3.63, 3.8) is 0 Å². The zero-order valence-corrected chi connectivity index (χ0v) is 10.8. The van der Waals surface area contributed by atoms with Gasteiger partial charge in [0.1, 0.15) is 0 Å². The third kappa shape index (κ3) is 5.29. The first kappa shape index (κ1) is 14.6. The number of hydrogen-bond donors (Lipinski definition) is 0. The zero-order valence-electron chi connectivity index (χ0n) is 10.8. The largest absolute Gasteiger partial charge is 0.296 e. The molecule has 0 saturated heterocycles. The molecule has 0 bridgehead atoms. The summed E-state index contributed by atoms with van der Waals surface area (Å²) in [7, 11) is 0. The fourth-order valence-corrected chi connectivity index (χ4v) is 1.78. The molecule has 1 unspecified atom stereocenters. The molecule has 90 valence electrons. The van der Waals surface area contributed by atoms with Gasteiger partial charge >= 0.3 is 0 Å². The summed E-state index contributed by atoms with van der Waals surface area (Å²) in [6.45, 7) is 8.87. The van der Waals surface area contributed by atoms with Crippen molar-refractivity contribution >= 4 is 5.78 Å². The van der Waals surface area contributed by atoms with E-state index in [0.717, 1.165) is 25.7 Å². The highest BCUT2D eigenvalue weighted by Crippen LogP contribution is 2.30. The van der Waals surface area contributed by atoms with Gasteiger partial charge in [0.2, 0.25) is 0 Å². The first-order valence-electron chi connectivity index (χ1n) is 5.95. The van der Waals surface area contributed by atoms with E-state index in [1.54, 1.807) is 20.8 Å². The second-order valence-corrected chi connectivity index (χ2v) is 5.59. The van der Waals surface area contributed by atoms with Crippen LogP contribution in [0.4, 0.5) is 4.39 Å². The maximum atomic E-state index is 14.1. The number of rotatable bonds is 6. The Kier molecular flexibility index (Phi) is 5.47. The molecule has 15 heavy (non-hydrogen) atoms. The van der Waals surface area contributed by atoms with Crippen molar-refractivity contribution in [3.05, 3.63) is 0 Å². The summed E-state index contributed by atoms with van der Waals surface area (Å²) >= 11 is 0. The molecule has 0 saturated carbocycles. The molecular weight excluding hydrogens is 191 g/mol. The summed E-state index contributed by atoms with van der Waals surface area (Å²) in [4.78, 5) is 11.8. The average molecular weight is 216 g/mol. The fraction of sp³-hybridized carbons (Fsp3) is 0.923. The number of Topliss-reactive ketones (excluding diaryl/α,β-unsaturated/α-hetero) is 1. The van der Waals surface area contributed by atoms with Crippen molar-refractivity contribution in [2.45, 2.75) is 72.4 Å². The molecule has 0 aliphatic rings. The minimum atomic E-state index is -1.65. The van der Waals surface area contributed by atoms with Gasteiger partial charge in [-0.25, -0.2) is 4.39 Å². The lowest BCUT2D eigenvalue weighted by atomic mass is 9.80. The van der Waals surface area contributed by atoms with Crippen molar-refractivity contribution in [1.29, 1.82) is 0 Å². The van der Waals surface area contributed by atoms with E-state index >= 15 is 0 Å². The van der Waals surface area contributed by atoms with Crippen LogP contribution in [0.3, 0.4) is 0 Å². The summed E-state index contributed by atoms with van der Waals surface area (Å²) < 4.78 is 14.1. The zero-order chi connectivity index (χ0) is 12.1. The number of alkyl halides is 1. The molecule has 0 heterocycles. The van der Waals surface area contributed by atoms with Gasteiger partial charge in [-0.05, 0) is 19.8 Å². The molecule has 1 atom stereocenters. The molecule has 2 heteroatoms. The second kappa shape index (κ2) is 5.62. The van der Waals surface area contributed by atoms with Gasteiger partial charge in [-0.3, -0.25) is 4.79 Å². The molecule has 0 aromatic rings. The monoisotopic (exact) mass is 216 g/mol. The number of carbonyl (C=O) groups excluding carboxylic acids is 1. The fourth-order valence-electron chi connectivity index (χ4n) is 1.78. The van der Waals surface area contributed by atoms with Gasteiger partial charge in [0.15, 0.2) is 11.5 Å². The highest BCUT2D eigenvalue weighted by atomic mass is 19.1. The van der Waals surface area contributed by atoms with Crippen molar-refractivity contribution in [2.75, 3.05) is 0 Å². The van der Waals surface area contributed by atoms with Crippen LogP contribution in [-0.2, 0) is 4.79 Å². The number of hydrogen-bond acceptors (Lipinski definition) is 1. The molecule has 1 nitrogen and oxygen atoms in total. The molecule has 0 aliphatic carbocycles. The molecule has 0 N–H and O–H groups in total. The second-order valence-electron chi connectivity index (χ2n) is 5.59. The van der Waals surface area contributed by atoms with Crippen LogP contribution < -0.4 is 0 Å². The van der Waals surface area contributed by atoms with Gasteiger partial charge in [-0.15, -0.1) is 0 Å². The summed E-state index contributed by atoms with van der Waals surface area (Å²) in [5.74, 6) is -0.272. The van der Waals surface area contributed by atoms with E-state index in [2.05, 4.69) is 6.92 Å². The van der Waals surface area contributed by atoms with Crippen LogP contribution in [0.5, 0.6) is 0 Å². The summed E-state index contributed by atoms with van der Waals surface area (Å²) in [6.07, 6.45) is 4.45. The Morgan fingerprint density at radius 1 is 1.07 bits per heavy atom. The van der Waals surface area contributed by atoms with Crippen LogP contribution >= 0.6 is 0 Å². The van der Waals surface area contributed by atoms with E-state index in [4.69, 9.17) is 0 Å². The molecular formula is C13H25FO. The van der Waals surface area contributed by atoms with E-state index in [0.29, 0.717) is 6.42 Å². The van der Waals surface area contributed by atoms with Crippen LogP contribution in [0.25, 0.3) is 0 Å². The normalized spacial score (nSPS) is 16.1. The Bertz CT molecular complexity index is 201. The lowest BCUT2D eigenvalue weighted by Gasteiger charge is -2.27. The molecule has 0 rings (SSSR count). The van der Waals surface area contributed by atoms with Gasteiger partial charge in [-0.2, -0.15) is 0 Å². The molecule has 0 aromatic heterocycles. The van der Waals surface area contributed by atoms with Crippen molar-refractivity contribution in [2.24, 2.45) is 5.41 Å². The SMILES string of the molecule is CCCCCCC(C)(F)C(=O)C(C)(C)C. The summed E-state index contributed by atoms with van der Waals surface area (Å²) in [5.41, 5.74) is -2.22. The van der Waals surface area contributed by atoms with Gasteiger partial charge in [0.25, 0.3) is 0 Å². The Balaban J connectivity index is 4.12.